The fourth-order valence-corrected chi connectivity index (χ4v) is 1.86. The third-order valence-corrected chi connectivity index (χ3v) is 2.59. The smallest absolute Gasteiger partial charge is 0.163 e. The summed E-state index contributed by atoms with van der Waals surface area (Å²) in [7, 11) is 1.91. The van der Waals surface area contributed by atoms with Crippen LogP contribution in [0.15, 0.2) is 18.3 Å². The Bertz CT molecular complexity index is 459. The number of hydrogen-bond donors (Lipinski definition) is 1. The number of nitrogens with zero attached hydrogens (tertiary/aromatic N) is 3. The van der Waals surface area contributed by atoms with Gasteiger partial charge >= 0.3 is 0 Å². The van der Waals surface area contributed by atoms with E-state index in [4.69, 9.17) is 5.73 Å². The fraction of sp³-hybridized carbons (Fsp3) is 0.364. The Morgan fingerprint density at radius 1 is 1.27 bits per heavy atom. The van der Waals surface area contributed by atoms with Crippen LogP contribution in [-0.2, 0) is 13.6 Å². The van der Waals surface area contributed by atoms with Gasteiger partial charge in [-0.2, -0.15) is 5.10 Å². The van der Waals surface area contributed by atoms with Crippen molar-refractivity contribution in [3.05, 3.63) is 35.3 Å². The summed E-state index contributed by atoms with van der Waals surface area (Å²) in [5.41, 5.74) is 9.14. The molecule has 4 nitrogen and oxygen atoms in total. The Hall–Kier alpha value is -1.55. The number of rotatable bonds is 2. The Kier molecular flexibility index (Phi) is 2.36. The van der Waals surface area contributed by atoms with E-state index in [-0.39, 0.29) is 0 Å². The van der Waals surface area contributed by atoms with E-state index in [1.807, 2.05) is 13.2 Å². The molecule has 0 atom stereocenters. The van der Waals surface area contributed by atoms with Gasteiger partial charge < -0.3 is 10.3 Å². The molecule has 80 valence electrons. The molecule has 4 heteroatoms. The quantitative estimate of drug-likeness (QED) is 0.801. The SMILES string of the molecule is Cc1ccc(C)n1-c1nn(C)cc1CN. The van der Waals surface area contributed by atoms with Crippen LogP contribution in [0.4, 0.5) is 0 Å². The van der Waals surface area contributed by atoms with Crippen molar-refractivity contribution < 1.29 is 0 Å². The van der Waals surface area contributed by atoms with Gasteiger partial charge in [-0.3, -0.25) is 4.68 Å². The minimum Gasteiger partial charge on any atom is -0.326 e. The van der Waals surface area contributed by atoms with Crippen LogP contribution in [0.2, 0.25) is 0 Å². The van der Waals surface area contributed by atoms with Gasteiger partial charge in [0.1, 0.15) is 0 Å². The molecule has 0 bridgehead atoms. The van der Waals surface area contributed by atoms with Gasteiger partial charge in [0.2, 0.25) is 0 Å². The zero-order valence-corrected chi connectivity index (χ0v) is 9.36. The van der Waals surface area contributed by atoms with E-state index in [0.717, 1.165) is 11.4 Å². The maximum Gasteiger partial charge on any atom is 0.163 e. The van der Waals surface area contributed by atoms with Crippen molar-refractivity contribution in [2.45, 2.75) is 20.4 Å². The first-order valence-corrected chi connectivity index (χ1v) is 5.01. The van der Waals surface area contributed by atoms with E-state index in [2.05, 4.69) is 35.6 Å². The van der Waals surface area contributed by atoms with Gasteiger partial charge in [-0.15, -0.1) is 0 Å². The molecule has 2 aromatic heterocycles. The first kappa shape index (κ1) is 9.98. The highest BCUT2D eigenvalue weighted by Gasteiger charge is 2.11. The lowest BCUT2D eigenvalue weighted by Gasteiger charge is -2.07. The second-order valence-corrected chi connectivity index (χ2v) is 3.81. The summed E-state index contributed by atoms with van der Waals surface area (Å²) in [4.78, 5) is 0. The van der Waals surface area contributed by atoms with Crippen LogP contribution in [0.25, 0.3) is 5.82 Å². The van der Waals surface area contributed by atoms with Crippen LogP contribution in [-0.4, -0.2) is 14.3 Å². The summed E-state index contributed by atoms with van der Waals surface area (Å²) in [6.07, 6.45) is 1.97. The molecule has 0 unspecified atom stereocenters. The largest absolute Gasteiger partial charge is 0.326 e. The normalized spacial score (nSPS) is 10.9. The van der Waals surface area contributed by atoms with Crippen molar-refractivity contribution in [2.75, 3.05) is 0 Å². The van der Waals surface area contributed by atoms with Gasteiger partial charge in [-0.25, -0.2) is 0 Å². The highest BCUT2D eigenvalue weighted by atomic mass is 15.3. The molecule has 0 radical (unpaired) electrons. The predicted molar refractivity (Wildman–Crippen MR) is 59.9 cm³/mol. The van der Waals surface area contributed by atoms with Gasteiger partial charge in [0, 0.05) is 36.7 Å². The van der Waals surface area contributed by atoms with E-state index in [9.17, 15) is 0 Å². The molecule has 2 aromatic rings. The van der Waals surface area contributed by atoms with E-state index >= 15 is 0 Å². The maximum absolute atomic E-state index is 5.70. The zero-order chi connectivity index (χ0) is 11.0. The molecule has 15 heavy (non-hydrogen) atoms. The predicted octanol–water partition coefficient (Wildman–Crippen LogP) is 1.29. The van der Waals surface area contributed by atoms with E-state index < -0.39 is 0 Å². The number of nitrogens with two attached hydrogens (primary N) is 1. The number of aromatic nitrogens is 3. The fourth-order valence-electron chi connectivity index (χ4n) is 1.86. The third kappa shape index (κ3) is 1.57. The molecule has 2 N–H and O–H groups in total. The van der Waals surface area contributed by atoms with Crippen LogP contribution in [0.3, 0.4) is 0 Å². The van der Waals surface area contributed by atoms with E-state index in [0.29, 0.717) is 6.54 Å². The molecule has 0 aliphatic rings. The molecule has 0 spiro atoms. The molecular weight excluding hydrogens is 188 g/mol. The standard InChI is InChI=1S/C11H16N4/c1-8-4-5-9(2)15(8)11-10(6-12)7-14(3)13-11/h4-5,7H,6,12H2,1-3H3. The maximum atomic E-state index is 5.70. The molecule has 2 rings (SSSR count). The monoisotopic (exact) mass is 204 g/mol. The minimum absolute atomic E-state index is 0.514. The van der Waals surface area contributed by atoms with Gasteiger partial charge in [-0.1, -0.05) is 0 Å². The summed E-state index contributed by atoms with van der Waals surface area (Å²) in [6.45, 7) is 4.66. The van der Waals surface area contributed by atoms with Crippen molar-refractivity contribution in [3.63, 3.8) is 0 Å². The average Bonchev–Trinajstić information content (AvgIpc) is 2.70. The van der Waals surface area contributed by atoms with Crippen LogP contribution < -0.4 is 5.73 Å². The Morgan fingerprint density at radius 3 is 2.40 bits per heavy atom. The molecule has 0 aromatic carbocycles. The molecule has 0 aliphatic heterocycles. The lowest BCUT2D eigenvalue weighted by Crippen LogP contribution is -2.05. The Balaban J connectivity index is 2.62. The van der Waals surface area contributed by atoms with Gasteiger partial charge in [0.15, 0.2) is 5.82 Å². The average molecular weight is 204 g/mol. The minimum atomic E-state index is 0.514. The third-order valence-electron chi connectivity index (χ3n) is 2.59. The van der Waals surface area contributed by atoms with Gasteiger partial charge in [0.05, 0.1) is 0 Å². The first-order chi connectivity index (χ1) is 7.13. The van der Waals surface area contributed by atoms with E-state index in [1.165, 1.54) is 11.4 Å². The van der Waals surface area contributed by atoms with Crippen LogP contribution in [0, 0.1) is 13.8 Å². The lowest BCUT2D eigenvalue weighted by molar-refractivity contribution is 0.745. The van der Waals surface area contributed by atoms with Crippen molar-refractivity contribution >= 4 is 0 Å². The van der Waals surface area contributed by atoms with Crippen molar-refractivity contribution in [1.29, 1.82) is 0 Å². The summed E-state index contributed by atoms with van der Waals surface area (Å²) in [6, 6.07) is 4.18. The van der Waals surface area contributed by atoms with Gasteiger partial charge in [-0.05, 0) is 26.0 Å². The zero-order valence-electron chi connectivity index (χ0n) is 9.36. The van der Waals surface area contributed by atoms with Crippen molar-refractivity contribution in [1.82, 2.24) is 14.3 Å². The van der Waals surface area contributed by atoms with Crippen molar-refractivity contribution in [3.8, 4) is 5.82 Å². The molecule has 0 amide bonds. The second-order valence-electron chi connectivity index (χ2n) is 3.81. The van der Waals surface area contributed by atoms with Crippen LogP contribution in [0.1, 0.15) is 17.0 Å². The van der Waals surface area contributed by atoms with E-state index in [1.54, 1.807) is 4.68 Å². The molecule has 0 saturated carbocycles. The second kappa shape index (κ2) is 3.55. The Morgan fingerprint density at radius 2 is 1.87 bits per heavy atom. The highest BCUT2D eigenvalue weighted by molar-refractivity contribution is 5.37. The topological polar surface area (TPSA) is 48.8 Å². The van der Waals surface area contributed by atoms with Gasteiger partial charge in [0.25, 0.3) is 0 Å². The number of hydrogen-bond acceptors (Lipinski definition) is 2. The molecule has 0 fully saturated rings. The lowest BCUT2D eigenvalue weighted by atomic mass is 10.3. The summed E-state index contributed by atoms with van der Waals surface area (Å²) < 4.78 is 3.93. The number of aryl methyl sites for hydroxylation is 3. The Labute approximate surface area is 89.3 Å². The molecular formula is C11H16N4. The molecule has 0 aliphatic carbocycles. The van der Waals surface area contributed by atoms with Crippen LogP contribution >= 0.6 is 0 Å². The van der Waals surface area contributed by atoms with Crippen LogP contribution in [0.5, 0.6) is 0 Å². The summed E-state index contributed by atoms with van der Waals surface area (Å²) in [5.74, 6) is 0.944. The highest BCUT2D eigenvalue weighted by Crippen LogP contribution is 2.17. The molecule has 2 heterocycles. The summed E-state index contributed by atoms with van der Waals surface area (Å²) >= 11 is 0. The van der Waals surface area contributed by atoms with Crippen molar-refractivity contribution in [2.24, 2.45) is 12.8 Å². The molecule has 0 saturated heterocycles. The summed E-state index contributed by atoms with van der Waals surface area (Å²) in [5, 5.41) is 4.45. The first-order valence-electron chi connectivity index (χ1n) is 5.01.